The lowest BCUT2D eigenvalue weighted by Gasteiger charge is -2.15. The predicted octanol–water partition coefficient (Wildman–Crippen LogP) is 3.73. The highest BCUT2D eigenvalue weighted by atomic mass is 79.9. The predicted molar refractivity (Wildman–Crippen MR) is 143 cm³/mol. The van der Waals surface area contributed by atoms with Crippen LogP contribution in [0, 0.1) is 0 Å². The van der Waals surface area contributed by atoms with E-state index in [2.05, 4.69) is 26.0 Å². The minimum absolute atomic E-state index is 0.0578. The Balaban J connectivity index is 1.25. The molecule has 1 amide bonds. The first kappa shape index (κ1) is 27.1. The number of amides is 1. The molecule has 1 aliphatic heterocycles. The summed E-state index contributed by atoms with van der Waals surface area (Å²) in [6.45, 7) is 1.04. The van der Waals surface area contributed by atoms with Gasteiger partial charge in [-0.25, -0.2) is 16.8 Å². The molecule has 37 heavy (non-hydrogen) atoms. The molecule has 4 rings (SSSR count). The van der Waals surface area contributed by atoms with Crippen molar-refractivity contribution in [2.45, 2.75) is 29.2 Å². The molecule has 3 aromatic carbocycles. The summed E-state index contributed by atoms with van der Waals surface area (Å²) in [5.74, 6) is -0.0309. The van der Waals surface area contributed by atoms with Crippen molar-refractivity contribution >= 4 is 47.6 Å². The van der Waals surface area contributed by atoms with E-state index in [-0.39, 0.29) is 28.8 Å². The molecule has 0 aromatic heterocycles. The second-order valence-corrected chi connectivity index (χ2v) is 12.9. The van der Waals surface area contributed by atoms with Gasteiger partial charge in [0, 0.05) is 29.8 Å². The summed E-state index contributed by atoms with van der Waals surface area (Å²) in [6.07, 6.45) is 1.75. The molecule has 12 heteroatoms. The van der Waals surface area contributed by atoms with E-state index in [1.807, 2.05) is 0 Å². The highest BCUT2D eigenvalue weighted by Gasteiger charge is 2.26. The SMILES string of the molecule is O=C(COc1ccc(S(=O)(=O)Nc2ccc(Br)cc2)cc1)NCc1ccc(S(=O)(=O)N2CCCC2)cc1. The lowest BCUT2D eigenvalue weighted by atomic mass is 10.2. The number of nitrogens with zero attached hydrogens (tertiary/aromatic N) is 1. The molecule has 0 bridgehead atoms. The molecule has 1 aliphatic rings. The third kappa shape index (κ3) is 7.10. The van der Waals surface area contributed by atoms with Gasteiger partial charge in [-0.1, -0.05) is 28.1 Å². The fourth-order valence-electron chi connectivity index (χ4n) is 3.70. The molecule has 3 aromatic rings. The summed E-state index contributed by atoms with van der Waals surface area (Å²) < 4.78 is 60.6. The Hall–Kier alpha value is -2.93. The number of hydrogen-bond donors (Lipinski definition) is 2. The number of ether oxygens (including phenoxy) is 1. The zero-order valence-corrected chi connectivity index (χ0v) is 23.0. The number of carbonyl (C=O) groups is 1. The van der Waals surface area contributed by atoms with Crippen LogP contribution >= 0.6 is 15.9 Å². The average molecular weight is 609 g/mol. The number of rotatable bonds is 10. The number of carbonyl (C=O) groups excluding carboxylic acids is 1. The van der Waals surface area contributed by atoms with Crippen LogP contribution in [0.4, 0.5) is 5.69 Å². The van der Waals surface area contributed by atoms with E-state index in [1.165, 1.54) is 28.6 Å². The van der Waals surface area contributed by atoms with Crippen molar-refractivity contribution in [2.24, 2.45) is 0 Å². The summed E-state index contributed by atoms with van der Waals surface area (Å²) in [4.78, 5) is 12.5. The molecule has 196 valence electrons. The molecule has 0 aliphatic carbocycles. The lowest BCUT2D eigenvalue weighted by molar-refractivity contribution is -0.123. The lowest BCUT2D eigenvalue weighted by Crippen LogP contribution is -2.29. The molecule has 0 unspecified atom stereocenters. The zero-order chi connectivity index (χ0) is 26.5. The van der Waals surface area contributed by atoms with Gasteiger partial charge in [-0.05, 0) is 79.1 Å². The fourth-order valence-corrected chi connectivity index (χ4v) is 6.54. The van der Waals surface area contributed by atoms with E-state index in [0.29, 0.717) is 24.5 Å². The number of hydrogen-bond acceptors (Lipinski definition) is 6. The van der Waals surface area contributed by atoms with Crippen LogP contribution in [0.3, 0.4) is 0 Å². The van der Waals surface area contributed by atoms with Crippen LogP contribution < -0.4 is 14.8 Å². The van der Waals surface area contributed by atoms with Gasteiger partial charge in [0.05, 0.1) is 9.79 Å². The van der Waals surface area contributed by atoms with Gasteiger partial charge in [-0.15, -0.1) is 0 Å². The van der Waals surface area contributed by atoms with Crippen LogP contribution in [0.5, 0.6) is 5.75 Å². The molecular weight excluding hydrogens is 582 g/mol. The Morgan fingerprint density at radius 3 is 2.05 bits per heavy atom. The molecule has 0 spiro atoms. The number of anilines is 1. The molecule has 2 N–H and O–H groups in total. The molecule has 0 atom stereocenters. The largest absolute Gasteiger partial charge is 0.484 e. The maximum atomic E-state index is 12.6. The van der Waals surface area contributed by atoms with Crippen LogP contribution in [0.1, 0.15) is 18.4 Å². The van der Waals surface area contributed by atoms with Crippen molar-refractivity contribution in [3.8, 4) is 5.75 Å². The van der Waals surface area contributed by atoms with E-state index in [9.17, 15) is 21.6 Å². The van der Waals surface area contributed by atoms with Crippen molar-refractivity contribution in [3.05, 3.63) is 82.8 Å². The second kappa shape index (κ2) is 11.6. The van der Waals surface area contributed by atoms with E-state index in [4.69, 9.17) is 4.74 Å². The van der Waals surface area contributed by atoms with Gasteiger partial charge >= 0.3 is 0 Å². The quantitative estimate of drug-likeness (QED) is 0.362. The minimum atomic E-state index is -3.77. The molecule has 1 fully saturated rings. The summed E-state index contributed by atoms with van der Waals surface area (Å²) in [7, 11) is -7.24. The third-order valence-electron chi connectivity index (χ3n) is 5.72. The van der Waals surface area contributed by atoms with Gasteiger partial charge in [0.15, 0.2) is 6.61 Å². The van der Waals surface area contributed by atoms with Crippen molar-refractivity contribution in [3.63, 3.8) is 0 Å². The van der Waals surface area contributed by atoms with Crippen LogP contribution in [0.15, 0.2) is 87.1 Å². The highest BCUT2D eigenvalue weighted by Crippen LogP contribution is 2.22. The van der Waals surface area contributed by atoms with Gasteiger partial charge in [0.25, 0.3) is 15.9 Å². The normalized spacial score (nSPS) is 14.3. The Kier molecular flexibility index (Phi) is 8.53. The van der Waals surface area contributed by atoms with Crippen LogP contribution in [-0.4, -0.2) is 46.7 Å². The minimum Gasteiger partial charge on any atom is -0.484 e. The van der Waals surface area contributed by atoms with Crippen molar-refractivity contribution in [2.75, 3.05) is 24.4 Å². The number of halogens is 1. The van der Waals surface area contributed by atoms with Crippen LogP contribution in [0.25, 0.3) is 0 Å². The Morgan fingerprint density at radius 1 is 0.838 bits per heavy atom. The van der Waals surface area contributed by atoms with Crippen molar-refractivity contribution in [1.29, 1.82) is 0 Å². The first-order chi connectivity index (χ1) is 17.6. The summed E-state index contributed by atoms with van der Waals surface area (Å²) >= 11 is 3.30. The molecule has 0 saturated carbocycles. The van der Waals surface area contributed by atoms with Crippen molar-refractivity contribution < 1.29 is 26.4 Å². The van der Waals surface area contributed by atoms with Gasteiger partial charge in [-0.3, -0.25) is 9.52 Å². The van der Waals surface area contributed by atoms with E-state index >= 15 is 0 Å². The molecular formula is C25H26BrN3O6S2. The smallest absolute Gasteiger partial charge is 0.261 e. The van der Waals surface area contributed by atoms with E-state index < -0.39 is 20.0 Å². The van der Waals surface area contributed by atoms with Gasteiger partial charge in [0.1, 0.15) is 5.75 Å². The Labute approximate surface area is 225 Å². The first-order valence-electron chi connectivity index (χ1n) is 11.5. The summed E-state index contributed by atoms with van der Waals surface area (Å²) in [6, 6.07) is 18.9. The number of benzene rings is 3. The first-order valence-corrected chi connectivity index (χ1v) is 15.2. The maximum absolute atomic E-state index is 12.6. The monoisotopic (exact) mass is 607 g/mol. The second-order valence-electron chi connectivity index (χ2n) is 8.40. The topological polar surface area (TPSA) is 122 Å². The number of sulfonamides is 2. The van der Waals surface area contributed by atoms with Crippen molar-refractivity contribution in [1.82, 2.24) is 9.62 Å². The maximum Gasteiger partial charge on any atom is 0.261 e. The van der Waals surface area contributed by atoms with Crippen LogP contribution in [0.2, 0.25) is 0 Å². The fraction of sp³-hybridized carbons (Fsp3) is 0.240. The average Bonchev–Trinajstić information content (AvgIpc) is 3.44. The Morgan fingerprint density at radius 2 is 1.43 bits per heavy atom. The summed E-state index contributed by atoms with van der Waals surface area (Å²) in [5.41, 5.74) is 1.18. The van der Waals surface area contributed by atoms with Gasteiger partial charge in [-0.2, -0.15) is 4.31 Å². The molecule has 1 heterocycles. The number of nitrogens with one attached hydrogen (secondary N) is 2. The molecule has 9 nitrogen and oxygen atoms in total. The molecule has 1 saturated heterocycles. The zero-order valence-electron chi connectivity index (χ0n) is 19.8. The van der Waals surface area contributed by atoms with Gasteiger partial charge in [0.2, 0.25) is 10.0 Å². The molecule has 0 radical (unpaired) electrons. The Bertz CT molecular complexity index is 1440. The van der Waals surface area contributed by atoms with Gasteiger partial charge < -0.3 is 10.1 Å². The third-order valence-corrected chi connectivity index (χ3v) is 9.55. The van der Waals surface area contributed by atoms with Crippen LogP contribution in [-0.2, 0) is 31.4 Å². The van der Waals surface area contributed by atoms with E-state index in [0.717, 1.165) is 22.9 Å². The van der Waals surface area contributed by atoms with E-state index in [1.54, 1.807) is 48.5 Å². The highest BCUT2D eigenvalue weighted by molar-refractivity contribution is 9.10. The standard InChI is InChI=1S/C25H26BrN3O6S2/c26-20-5-7-21(8-6-20)28-36(31,32)23-13-9-22(10-14-23)35-18-25(30)27-17-19-3-11-24(12-4-19)37(33,34)29-15-1-2-16-29/h3-14,28H,1-2,15-18H2,(H,27,30). The summed E-state index contributed by atoms with van der Waals surface area (Å²) in [5, 5.41) is 2.72.